The van der Waals surface area contributed by atoms with Gasteiger partial charge in [-0.3, -0.25) is 14.7 Å². The maximum atomic E-state index is 11.8. The van der Waals surface area contributed by atoms with Crippen LogP contribution in [0.3, 0.4) is 0 Å². The molecule has 0 heterocycles. The van der Waals surface area contributed by atoms with Gasteiger partial charge in [0.05, 0.1) is 4.92 Å². The number of hydrogen-bond acceptors (Lipinski definition) is 4. The summed E-state index contributed by atoms with van der Waals surface area (Å²) in [5, 5.41) is 13.8. The maximum absolute atomic E-state index is 11.8. The molecule has 2 rings (SSSR count). The molecular weight excluding hydrogens is 319 g/mol. The van der Waals surface area contributed by atoms with Gasteiger partial charge in [-0.25, -0.2) is 0 Å². The van der Waals surface area contributed by atoms with Crippen molar-refractivity contribution < 1.29 is 19.3 Å². The Morgan fingerprint density at radius 2 is 1.74 bits per heavy atom. The summed E-state index contributed by atoms with van der Waals surface area (Å²) in [5.41, 5.74) is 1.95. The van der Waals surface area contributed by atoms with Crippen LogP contribution in [0.25, 0.3) is 0 Å². The third-order valence-corrected chi connectivity index (χ3v) is 4.54. The highest BCUT2D eigenvalue weighted by Crippen LogP contribution is 2.52. The minimum absolute atomic E-state index is 0.163. The highest BCUT2D eigenvalue weighted by Gasteiger charge is 2.32. The van der Waals surface area contributed by atoms with E-state index in [9.17, 15) is 24.5 Å². The van der Waals surface area contributed by atoms with E-state index >= 15 is 0 Å². The van der Waals surface area contributed by atoms with Crippen LogP contribution in [0, 0.1) is 24.0 Å². The van der Waals surface area contributed by atoms with Crippen molar-refractivity contribution in [2.45, 2.75) is 19.6 Å². The third kappa shape index (κ3) is 4.16. The van der Waals surface area contributed by atoms with E-state index in [0.29, 0.717) is 11.3 Å². The molecule has 0 aliphatic heterocycles. The summed E-state index contributed by atoms with van der Waals surface area (Å²) in [6, 6.07) is 11.1. The molecule has 1 atom stereocenters. The van der Waals surface area contributed by atoms with Gasteiger partial charge in [-0.15, -0.1) is 0 Å². The largest absolute Gasteiger partial charge is 0.368 e. The molecule has 7 nitrogen and oxygen atoms in total. The van der Waals surface area contributed by atoms with Crippen molar-refractivity contribution in [2.24, 2.45) is 0 Å². The average molecular weight is 336 g/mol. The minimum atomic E-state index is -4.57. The Labute approximate surface area is 133 Å². The zero-order valence-corrected chi connectivity index (χ0v) is 13.5. The summed E-state index contributed by atoms with van der Waals surface area (Å²) in [6.07, 6.45) is 0. The van der Waals surface area contributed by atoms with Crippen LogP contribution in [-0.4, -0.2) is 14.7 Å². The standard InChI is InChI=1S/C15H17N2O5P/c1-10-3-7-13(8-4-10)16-15(23(20,21)22)12-6-5-11(2)14(9-12)17(18)19/h3-9,15-16H,1-2H3,(H2,20,21,22)/t15-/m0/s1. The van der Waals surface area contributed by atoms with Gasteiger partial charge in [0, 0.05) is 17.3 Å². The van der Waals surface area contributed by atoms with Crippen LogP contribution >= 0.6 is 7.60 Å². The third-order valence-electron chi connectivity index (χ3n) is 3.44. The molecule has 3 N–H and O–H groups in total. The average Bonchev–Trinajstić information content (AvgIpc) is 2.46. The highest BCUT2D eigenvalue weighted by atomic mass is 31.2. The molecule has 0 bridgehead atoms. The molecule has 0 aromatic heterocycles. The van der Waals surface area contributed by atoms with E-state index in [1.807, 2.05) is 6.92 Å². The number of aryl methyl sites for hydroxylation is 2. The van der Waals surface area contributed by atoms with Crippen molar-refractivity contribution in [3.8, 4) is 0 Å². The SMILES string of the molecule is Cc1ccc(N[C@H](c2ccc(C)c([N+](=O)[O-])c2)P(=O)(O)O)cc1. The van der Waals surface area contributed by atoms with Gasteiger partial charge in [0.25, 0.3) is 5.69 Å². The summed E-state index contributed by atoms with van der Waals surface area (Å²) in [6.45, 7) is 3.47. The molecular formula is C15H17N2O5P. The number of anilines is 1. The molecule has 2 aromatic carbocycles. The maximum Gasteiger partial charge on any atom is 0.352 e. The second-order valence-electron chi connectivity index (χ2n) is 5.31. The first-order chi connectivity index (χ1) is 10.7. The van der Waals surface area contributed by atoms with Crippen LogP contribution in [0.2, 0.25) is 0 Å². The van der Waals surface area contributed by atoms with Gasteiger partial charge in [-0.2, -0.15) is 0 Å². The topological polar surface area (TPSA) is 113 Å². The molecule has 0 radical (unpaired) electrons. The summed E-state index contributed by atoms with van der Waals surface area (Å²) in [5.74, 6) is -1.36. The Balaban J connectivity index is 2.43. The second kappa shape index (κ2) is 6.50. The Bertz CT molecular complexity index is 770. The lowest BCUT2D eigenvalue weighted by atomic mass is 10.1. The van der Waals surface area contributed by atoms with E-state index in [1.54, 1.807) is 31.2 Å². The lowest BCUT2D eigenvalue weighted by Crippen LogP contribution is -2.12. The number of nitrogens with one attached hydrogen (secondary N) is 1. The predicted molar refractivity (Wildman–Crippen MR) is 87.4 cm³/mol. The lowest BCUT2D eigenvalue weighted by molar-refractivity contribution is -0.385. The molecule has 0 aliphatic carbocycles. The van der Waals surface area contributed by atoms with Crippen LogP contribution < -0.4 is 5.32 Å². The fourth-order valence-electron chi connectivity index (χ4n) is 2.16. The van der Waals surface area contributed by atoms with Gasteiger partial charge in [0.2, 0.25) is 0 Å². The van der Waals surface area contributed by atoms with Crippen LogP contribution in [-0.2, 0) is 4.57 Å². The van der Waals surface area contributed by atoms with Crippen molar-refractivity contribution in [2.75, 3.05) is 5.32 Å². The van der Waals surface area contributed by atoms with E-state index in [4.69, 9.17) is 0 Å². The minimum Gasteiger partial charge on any atom is -0.368 e. The normalized spacial score (nSPS) is 12.7. The first-order valence-electron chi connectivity index (χ1n) is 6.82. The monoisotopic (exact) mass is 336 g/mol. The van der Waals surface area contributed by atoms with Gasteiger partial charge in [-0.1, -0.05) is 29.8 Å². The second-order valence-corrected chi connectivity index (χ2v) is 7.00. The Morgan fingerprint density at radius 1 is 1.13 bits per heavy atom. The van der Waals surface area contributed by atoms with Crippen LogP contribution in [0.1, 0.15) is 22.5 Å². The van der Waals surface area contributed by atoms with E-state index in [-0.39, 0.29) is 11.3 Å². The van der Waals surface area contributed by atoms with Crippen LogP contribution in [0.4, 0.5) is 11.4 Å². The molecule has 0 unspecified atom stereocenters. The van der Waals surface area contributed by atoms with Crippen molar-refractivity contribution in [3.05, 3.63) is 69.3 Å². The Hall–Kier alpha value is -2.21. The molecule has 122 valence electrons. The summed E-state index contributed by atoms with van der Waals surface area (Å²) < 4.78 is 11.8. The zero-order chi connectivity index (χ0) is 17.2. The van der Waals surface area contributed by atoms with Gasteiger partial charge >= 0.3 is 7.60 Å². The molecule has 0 saturated heterocycles. The van der Waals surface area contributed by atoms with E-state index in [0.717, 1.165) is 5.56 Å². The molecule has 0 spiro atoms. The molecule has 0 aliphatic rings. The highest BCUT2D eigenvalue weighted by molar-refractivity contribution is 7.52. The fraction of sp³-hybridized carbons (Fsp3) is 0.200. The smallest absolute Gasteiger partial charge is 0.352 e. The predicted octanol–water partition coefficient (Wildman–Crippen LogP) is 3.50. The lowest BCUT2D eigenvalue weighted by Gasteiger charge is -2.21. The fourth-order valence-corrected chi connectivity index (χ4v) is 3.03. The molecule has 23 heavy (non-hydrogen) atoms. The molecule has 0 fully saturated rings. The van der Waals surface area contributed by atoms with Gasteiger partial charge in [0.1, 0.15) is 0 Å². The summed E-state index contributed by atoms with van der Waals surface area (Å²) in [4.78, 5) is 29.7. The van der Waals surface area contributed by atoms with Crippen molar-refractivity contribution in [1.82, 2.24) is 0 Å². The van der Waals surface area contributed by atoms with E-state index < -0.39 is 18.3 Å². The molecule has 2 aromatic rings. The van der Waals surface area contributed by atoms with Gasteiger partial charge in [0.15, 0.2) is 5.78 Å². The van der Waals surface area contributed by atoms with Crippen molar-refractivity contribution >= 4 is 19.0 Å². The van der Waals surface area contributed by atoms with Crippen LogP contribution in [0.5, 0.6) is 0 Å². The number of nitrogens with zero attached hydrogens (tertiary/aromatic N) is 1. The zero-order valence-electron chi connectivity index (χ0n) is 12.6. The number of nitro benzene ring substituents is 1. The summed E-state index contributed by atoms with van der Waals surface area (Å²) >= 11 is 0. The first-order valence-corrected chi connectivity index (χ1v) is 8.50. The van der Waals surface area contributed by atoms with E-state index in [1.165, 1.54) is 18.2 Å². The molecule has 0 amide bonds. The first kappa shape index (κ1) is 17.1. The quantitative estimate of drug-likeness (QED) is 0.437. The van der Waals surface area contributed by atoms with Gasteiger partial charge in [-0.05, 0) is 31.5 Å². The Kier molecular flexibility index (Phi) is 4.85. The number of rotatable bonds is 5. The number of benzene rings is 2. The summed E-state index contributed by atoms with van der Waals surface area (Å²) in [7, 11) is -4.57. The number of hydrogen-bond donors (Lipinski definition) is 3. The number of nitro groups is 1. The van der Waals surface area contributed by atoms with Crippen molar-refractivity contribution in [1.29, 1.82) is 0 Å². The Morgan fingerprint density at radius 3 is 2.26 bits per heavy atom. The molecule has 0 saturated carbocycles. The van der Waals surface area contributed by atoms with Crippen molar-refractivity contribution in [3.63, 3.8) is 0 Å². The van der Waals surface area contributed by atoms with Crippen LogP contribution in [0.15, 0.2) is 42.5 Å². The van der Waals surface area contributed by atoms with Gasteiger partial charge < -0.3 is 15.1 Å². The molecule has 8 heteroatoms. The van der Waals surface area contributed by atoms with E-state index in [2.05, 4.69) is 5.32 Å².